The molecule has 3 aromatic rings. The lowest BCUT2D eigenvalue weighted by atomic mass is 10.00. The number of rotatable bonds is 6. The van der Waals surface area contributed by atoms with E-state index in [1.54, 1.807) is 7.11 Å². The van der Waals surface area contributed by atoms with Gasteiger partial charge in [0.1, 0.15) is 5.75 Å². The van der Waals surface area contributed by atoms with E-state index in [0.29, 0.717) is 0 Å². The minimum atomic E-state index is 0.747. The first-order chi connectivity index (χ1) is 10.8. The van der Waals surface area contributed by atoms with Crippen molar-refractivity contribution >= 4 is 10.9 Å². The summed E-state index contributed by atoms with van der Waals surface area (Å²) < 4.78 is 5.36. The number of benzene rings is 2. The van der Waals surface area contributed by atoms with Crippen LogP contribution in [0, 0.1) is 0 Å². The van der Waals surface area contributed by atoms with Crippen molar-refractivity contribution < 1.29 is 4.74 Å². The van der Waals surface area contributed by atoms with Crippen LogP contribution < -0.4 is 10.5 Å². The van der Waals surface area contributed by atoms with Crippen molar-refractivity contribution in [1.29, 1.82) is 0 Å². The number of aryl methyl sites for hydroxylation is 1. The Kier molecular flexibility index (Phi) is 4.45. The molecule has 0 saturated heterocycles. The minimum absolute atomic E-state index is 0.747. The van der Waals surface area contributed by atoms with Crippen molar-refractivity contribution in [2.24, 2.45) is 5.73 Å². The largest absolute Gasteiger partial charge is 0.497 e. The van der Waals surface area contributed by atoms with Crippen molar-refractivity contribution in [2.75, 3.05) is 13.7 Å². The van der Waals surface area contributed by atoms with Gasteiger partial charge in [0.15, 0.2) is 0 Å². The highest BCUT2D eigenvalue weighted by Gasteiger charge is 2.13. The summed E-state index contributed by atoms with van der Waals surface area (Å²) in [5.41, 5.74) is 10.6. The predicted octanol–water partition coefficient (Wildman–Crippen LogP) is 4.12. The Morgan fingerprint density at radius 1 is 1.05 bits per heavy atom. The lowest BCUT2D eigenvalue weighted by Gasteiger charge is -2.07. The number of aromatic amines is 1. The van der Waals surface area contributed by atoms with E-state index in [2.05, 4.69) is 41.4 Å². The number of nitrogens with two attached hydrogens (primary N) is 1. The topological polar surface area (TPSA) is 51.0 Å². The molecule has 3 nitrogen and oxygen atoms in total. The van der Waals surface area contributed by atoms with Crippen molar-refractivity contribution in [1.82, 2.24) is 4.98 Å². The van der Waals surface area contributed by atoms with Gasteiger partial charge < -0.3 is 15.5 Å². The number of para-hydroxylation sites is 1. The summed E-state index contributed by atoms with van der Waals surface area (Å²) in [5.74, 6) is 0.879. The molecule has 0 fully saturated rings. The lowest BCUT2D eigenvalue weighted by Crippen LogP contribution is -1.99. The molecule has 1 aromatic heterocycles. The van der Waals surface area contributed by atoms with E-state index in [-0.39, 0.29) is 0 Å². The standard InChI is InChI=1S/C19H22N2O/c1-22-15-8-6-7-14(13-15)19-17(10-4-5-12-20)16-9-2-3-11-18(16)21-19/h2-3,6-9,11,13,21H,4-5,10,12,20H2,1H3. The average molecular weight is 294 g/mol. The number of unbranched alkanes of at least 4 members (excludes halogenated alkanes) is 1. The highest BCUT2D eigenvalue weighted by atomic mass is 16.5. The molecule has 1 heterocycles. The third-order valence-corrected chi connectivity index (χ3v) is 4.05. The van der Waals surface area contributed by atoms with E-state index >= 15 is 0 Å². The second-order valence-electron chi connectivity index (χ2n) is 5.50. The Balaban J connectivity index is 2.08. The Labute approximate surface area is 131 Å². The molecule has 3 rings (SSSR count). The number of ether oxygens (including phenoxy) is 1. The molecule has 0 unspecified atom stereocenters. The molecule has 0 saturated carbocycles. The average Bonchev–Trinajstić information content (AvgIpc) is 2.94. The third-order valence-electron chi connectivity index (χ3n) is 4.05. The fourth-order valence-electron chi connectivity index (χ4n) is 2.93. The summed E-state index contributed by atoms with van der Waals surface area (Å²) >= 11 is 0. The van der Waals surface area contributed by atoms with Crippen LogP contribution in [0.25, 0.3) is 22.2 Å². The van der Waals surface area contributed by atoms with Crippen LogP contribution in [0.4, 0.5) is 0 Å². The van der Waals surface area contributed by atoms with Gasteiger partial charge in [0.05, 0.1) is 7.11 Å². The quantitative estimate of drug-likeness (QED) is 0.672. The minimum Gasteiger partial charge on any atom is -0.497 e. The zero-order chi connectivity index (χ0) is 15.4. The van der Waals surface area contributed by atoms with Crippen molar-refractivity contribution in [3.63, 3.8) is 0 Å². The first-order valence-electron chi connectivity index (χ1n) is 7.77. The molecule has 3 N–H and O–H groups in total. The third kappa shape index (κ3) is 2.85. The first-order valence-corrected chi connectivity index (χ1v) is 7.77. The molecule has 114 valence electrons. The van der Waals surface area contributed by atoms with Crippen molar-refractivity contribution in [2.45, 2.75) is 19.3 Å². The normalized spacial score (nSPS) is 11.0. The maximum absolute atomic E-state index is 5.64. The molecule has 0 amide bonds. The first kappa shape index (κ1) is 14.7. The van der Waals surface area contributed by atoms with Crippen LogP contribution in [0.15, 0.2) is 48.5 Å². The smallest absolute Gasteiger partial charge is 0.119 e. The number of hydrogen-bond acceptors (Lipinski definition) is 2. The van der Waals surface area contributed by atoms with Crippen LogP contribution in [-0.4, -0.2) is 18.6 Å². The SMILES string of the molecule is COc1cccc(-c2[nH]c3ccccc3c2CCCCN)c1. The molecule has 0 bridgehead atoms. The summed E-state index contributed by atoms with van der Waals surface area (Å²) in [6, 6.07) is 16.7. The molecular formula is C19H22N2O. The van der Waals surface area contributed by atoms with Gasteiger partial charge in [-0.2, -0.15) is 0 Å². The van der Waals surface area contributed by atoms with E-state index in [0.717, 1.165) is 31.6 Å². The van der Waals surface area contributed by atoms with Gasteiger partial charge in [-0.05, 0) is 49.6 Å². The van der Waals surface area contributed by atoms with Gasteiger partial charge in [-0.15, -0.1) is 0 Å². The van der Waals surface area contributed by atoms with Gasteiger partial charge >= 0.3 is 0 Å². The fourth-order valence-corrected chi connectivity index (χ4v) is 2.93. The van der Waals surface area contributed by atoms with Crippen LogP contribution in [-0.2, 0) is 6.42 Å². The van der Waals surface area contributed by atoms with E-state index in [1.165, 1.54) is 27.7 Å². The Morgan fingerprint density at radius 3 is 2.73 bits per heavy atom. The van der Waals surface area contributed by atoms with Crippen LogP contribution in [0.1, 0.15) is 18.4 Å². The maximum Gasteiger partial charge on any atom is 0.119 e. The maximum atomic E-state index is 5.64. The Bertz CT molecular complexity index is 761. The summed E-state index contributed by atoms with van der Waals surface area (Å²) in [4.78, 5) is 3.57. The molecular weight excluding hydrogens is 272 g/mol. The number of methoxy groups -OCH3 is 1. The molecule has 0 aliphatic rings. The molecule has 3 heteroatoms. The number of nitrogens with one attached hydrogen (secondary N) is 1. The molecule has 0 aliphatic carbocycles. The summed E-state index contributed by atoms with van der Waals surface area (Å²) in [6.45, 7) is 0.747. The second kappa shape index (κ2) is 6.67. The fraction of sp³-hybridized carbons (Fsp3) is 0.263. The van der Waals surface area contributed by atoms with Gasteiger partial charge in [-0.25, -0.2) is 0 Å². The van der Waals surface area contributed by atoms with E-state index in [4.69, 9.17) is 10.5 Å². The van der Waals surface area contributed by atoms with Crippen LogP contribution in [0.3, 0.4) is 0 Å². The highest BCUT2D eigenvalue weighted by Crippen LogP contribution is 2.32. The zero-order valence-corrected chi connectivity index (χ0v) is 12.9. The Hall–Kier alpha value is -2.26. The molecule has 0 atom stereocenters. The monoisotopic (exact) mass is 294 g/mol. The molecule has 22 heavy (non-hydrogen) atoms. The van der Waals surface area contributed by atoms with Gasteiger partial charge in [0.25, 0.3) is 0 Å². The summed E-state index contributed by atoms with van der Waals surface area (Å²) in [6.07, 6.45) is 3.19. The van der Waals surface area contributed by atoms with Gasteiger partial charge in [-0.3, -0.25) is 0 Å². The van der Waals surface area contributed by atoms with Gasteiger partial charge in [0, 0.05) is 22.2 Å². The van der Waals surface area contributed by atoms with E-state index in [1.807, 2.05) is 12.1 Å². The number of H-pyrrole nitrogens is 1. The van der Waals surface area contributed by atoms with Crippen LogP contribution in [0.2, 0.25) is 0 Å². The van der Waals surface area contributed by atoms with Gasteiger partial charge in [0.2, 0.25) is 0 Å². The molecule has 0 radical (unpaired) electrons. The molecule has 0 aliphatic heterocycles. The van der Waals surface area contributed by atoms with Crippen LogP contribution >= 0.6 is 0 Å². The highest BCUT2D eigenvalue weighted by molar-refractivity contribution is 5.90. The van der Waals surface area contributed by atoms with Crippen molar-refractivity contribution in [3.8, 4) is 17.0 Å². The zero-order valence-electron chi connectivity index (χ0n) is 12.9. The van der Waals surface area contributed by atoms with E-state index in [9.17, 15) is 0 Å². The number of hydrogen-bond donors (Lipinski definition) is 2. The number of fused-ring (bicyclic) bond motifs is 1. The van der Waals surface area contributed by atoms with Crippen molar-refractivity contribution in [3.05, 3.63) is 54.1 Å². The second-order valence-corrected chi connectivity index (χ2v) is 5.50. The predicted molar refractivity (Wildman–Crippen MR) is 92.3 cm³/mol. The number of aromatic nitrogens is 1. The summed E-state index contributed by atoms with van der Waals surface area (Å²) in [5, 5.41) is 1.30. The molecule has 0 spiro atoms. The van der Waals surface area contributed by atoms with Crippen LogP contribution in [0.5, 0.6) is 5.75 Å². The van der Waals surface area contributed by atoms with E-state index < -0.39 is 0 Å². The summed E-state index contributed by atoms with van der Waals surface area (Å²) in [7, 11) is 1.70. The lowest BCUT2D eigenvalue weighted by molar-refractivity contribution is 0.415. The Morgan fingerprint density at radius 2 is 1.91 bits per heavy atom. The molecule has 2 aromatic carbocycles. The van der Waals surface area contributed by atoms with Gasteiger partial charge in [-0.1, -0.05) is 30.3 Å².